The molecule has 0 unspecified atom stereocenters. The van der Waals surface area contributed by atoms with Gasteiger partial charge in [-0.1, -0.05) is 0 Å². The van der Waals surface area contributed by atoms with Crippen LogP contribution in [0.1, 0.15) is 18.2 Å². The largest absolute Gasteiger partial charge is 0.378 e. The minimum Gasteiger partial charge on any atom is -0.378 e. The van der Waals surface area contributed by atoms with Crippen LogP contribution >= 0.6 is 0 Å². The number of amides is 2. The van der Waals surface area contributed by atoms with Gasteiger partial charge in [0.25, 0.3) is 0 Å². The van der Waals surface area contributed by atoms with E-state index >= 15 is 0 Å². The van der Waals surface area contributed by atoms with Gasteiger partial charge < -0.3 is 25.6 Å². The average Bonchev–Trinajstić information content (AvgIpc) is 3.17. The molecule has 3 N–H and O–H groups in total. The summed E-state index contributed by atoms with van der Waals surface area (Å²) in [4.78, 5) is 23.6. The van der Waals surface area contributed by atoms with Crippen molar-refractivity contribution in [3.05, 3.63) is 35.5 Å². The van der Waals surface area contributed by atoms with E-state index in [-0.39, 0.29) is 6.03 Å². The second kappa shape index (κ2) is 7.89. The highest BCUT2D eigenvalue weighted by molar-refractivity contribution is 5.89. The third-order valence-electron chi connectivity index (χ3n) is 4.71. The second-order valence-electron chi connectivity index (χ2n) is 6.56. The molecular formula is C19H24N6O2. The number of morpholine rings is 1. The molecule has 1 aromatic carbocycles. The molecule has 4 rings (SSSR count). The molecular weight excluding hydrogens is 344 g/mol. The van der Waals surface area contributed by atoms with Crippen LogP contribution in [0, 0.1) is 0 Å². The third-order valence-corrected chi connectivity index (χ3v) is 4.71. The van der Waals surface area contributed by atoms with Gasteiger partial charge >= 0.3 is 6.03 Å². The van der Waals surface area contributed by atoms with Crippen molar-refractivity contribution < 1.29 is 9.53 Å². The standard InChI is InChI=1S/C19H24N6O2/c1-2-21-19(26)22-14-5-3-13(4-6-14)17-23-16-12-20-11-15(16)18(24-17)25-7-9-27-10-8-25/h3-6,20H,2,7-12H2,1H3,(H2,21,22,26). The molecule has 0 radical (unpaired) electrons. The first kappa shape index (κ1) is 17.7. The highest BCUT2D eigenvalue weighted by Gasteiger charge is 2.24. The summed E-state index contributed by atoms with van der Waals surface area (Å²) in [5, 5.41) is 8.89. The van der Waals surface area contributed by atoms with E-state index < -0.39 is 0 Å². The first-order valence-electron chi connectivity index (χ1n) is 9.33. The Morgan fingerprint density at radius 3 is 2.70 bits per heavy atom. The van der Waals surface area contributed by atoms with Crippen LogP contribution in [-0.4, -0.2) is 48.8 Å². The van der Waals surface area contributed by atoms with E-state index in [1.165, 1.54) is 5.56 Å². The van der Waals surface area contributed by atoms with Crippen LogP contribution in [0.2, 0.25) is 0 Å². The van der Waals surface area contributed by atoms with Crippen LogP contribution in [0.4, 0.5) is 16.3 Å². The van der Waals surface area contributed by atoms with E-state index in [2.05, 4.69) is 20.9 Å². The van der Waals surface area contributed by atoms with Gasteiger partial charge in [0, 0.05) is 49.5 Å². The fourth-order valence-electron chi connectivity index (χ4n) is 3.35. The maximum Gasteiger partial charge on any atom is 0.319 e. The molecule has 1 saturated heterocycles. The number of aromatic nitrogens is 2. The number of ether oxygens (including phenoxy) is 1. The van der Waals surface area contributed by atoms with E-state index in [0.717, 1.165) is 62.2 Å². The lowest BCUT2D eigenvalue weighted by Crippen LogP contribution is -2.37. The highest BCUT2D eigenvalue weighted by atomic mass is 16.5. The van der Waals surface area contributed by atoms with Gasteiger partial charge in [0.1, 0.15) is 5.82 Å². The predicted molar refractivity (Wildman–Crippen MR) is 104 cm³/mol. The molecule has 2 amide bonds. The Bertz CT molecular complexity index is 818. The van der Waals surface area contributed by atoms with E-state index in [1.807, 2.05) is 31.2 Å². The van der Waals surface area contributed by atoms with Crippen molar-refractivity contribution in [2.75, 3.05) is 43.1 Å². The van der Waals surface area contributed by atoms with Crippen molar-refractivity contribution in [2.45, 2.75) is 20.0 Å². The summed E-state index contributed by atoms with van der Waals surface area (Å²) in [6.45, 7) is 7.18. The number of anilines is 2. The van der Waals surface area contributed by atoms with Crippen LogP contribution in [-0.2, 0) is 17.8 Å². The number of hydrogen-bond acceptors (Lipinski definition) is 6. The number of hydrogen-bond donors (Lipinski definition) is 3. The zero-order valence-corrected chi connectivity index (χ0v) is 15.4. The first-order chi connectivity index (χ1) is 13.2. The molecule has 27 heavy (non-hydrogen) atoms. The molecule has 2 aliphatic heterocycles. The lowest BCUT2D eigenvalue weighted by Gasteiger charge is -2.29. The maximum atomic E-state index is 11.6. The van der Waals surface area contributed by atoms with Crippen molar-refractivity contribution in [3.8, 4) is 11.4 Å². The number of urea groups is 1. The topological polar surface area (TPSA) is 91.4 Å². The molecule has 3 heterocycles. The monoisotopic (exact) mass is 368 g/mol. The molecule has 2 aromatic rings. The zero-order valence-electron chi connectivity index (χ0n) is 15.4. The number of nitrogens with one attached hydrogen (secondary N) is 3. The van der Waals surface area contributed by atoms with Gasteiger partial charge in [0.2, 0.25) is 0 Å². The van der Waals surface area contributed by atoms with Crippen LogP contribution in [0.15, 0.2) is 24.3 Å². The summed E-state index contributed by atoms with van der Waals surface area (Å²) < 4.78 is 5.48. The summed E-state index contributed by atoms with van der Waals surface area (Å²) in [6, 6.07) is 7.41. The highest BCUT2D eigenvalue weighted by Crippen LogP contribution is 2.29. The quantitative estimate of drug-likeness (QED) is 0.761. The van der Waals surface area contributed by atoms with Gasteiger partial charge in [0.05, 0.1) is 18.9 Å². The maximum absolute atomic E-state index is 11.6. The Morgan fingerprint density at radius 1 is 1.19 bits per heavy atom. The van der Waals surface area contributed by atoms with E-state index in [9.17, 15) is 4.79 Å². The summed E-state index contributed by atoms with van der Waals surface area (Å²) in [5.41, 5.74) is 3.92. The number of fused-ring (bicyclic) bond motifs is 1. The number of benzene rings is 1. The predicted octanol–water partition coefficient (Wildman–Crippen LogP) is 1.72. The summed E-state index contributed by atoms with van der Waals surface area (Å²) in [7, 11) is 0. The van der Waals surface area contributed by atoms with Crippen molar-refractivity contribution in [2.24, 2.45) is 0 Å². The van der Waals surface area contributed by atoms with Crippen LogP contribution < -0.4 is 20.9 Å². The summed E-state index contributed by atoms with van der Waals surface area (Å²) in [5.74, 6) is 1.72. The molecule has 0 bridgehead atoms. The van der Waals surface area contributed by atoms with Crippen LogP contribution in [0.3, 0.4) is 0 Å². The fraction of sp³-hybridized carbons (Fsp3) is 0.421. The van der Waals surface area contributed by atoms with Crippen molar-refractivity contribution in [1.82, 2.24) is 20.6 Å². The molecule has 8 nitrogen and oxygen atoms in total. The van der Waals surface area contributed by atoms with Gasteiger partial charge in [0.15, 0.2) is 5.82 Å². The molecule has 142 valence electrons. The smallest absolute Gasteiger partial charge is 0.319 e. The Morgan fingerprint density at radius 2 is 1.96 bits per heavy atom. The van der Waals surface area contributed by atoms with E-state index in [4.69, 9.17) is 14.7 Å². The molecule has 2 aliphatic rings. The van der Waals surface area contributed by atoms with Crippen molar-refractivity contribution in [3.63, 3.8) is 0 Å². The lowest BCUT2D eigenvalue weighted by atomic mass is 10.1. The molecule has 1 aromatic heterocycles. The molecule has 0 spiro atoms. The van der Waals surface area contributed by atoms with Crippen LogP contribution in [0.25, 0.3) is 11.4 Å². The molecule has 0 saturated carbocycles. The molecule has 0 aliphatic carbocycles. The zero-order chi connectivity index (χ0) is 18.6. The Hall–Kier alpha value is -2.71. The van der Waals surface area contributed by atoms with E-state index in [1.54, 1.807) is 0 Å². The second-order valence-corrected chi connectivity index (χ2v) is 6.56. The van der Waals surface area contributed by atoms with Crippen molar-refractivity contribution in [1.29, 1.82) is 0 Å². The fourth-order valence-corrected chi connectivity index (χ4v) is 3.35. The molecule has 0 atom stereocenters. The Labute approximate surface area is 158 Å². The van der Waals surface area contributed by atoms with Gasteiger partial charge in [-0.15, -0.1) is 0 Å². The van der Waals surface area contributed by atoms with Gasteiger partial charge in [-0.3, -0.25) is 0 Å². The molecule has 8 heteroatoms. The van der Waals surface area contributed by atoms with Crippen molar-refractivity contribution >= 4 is 17.5 Å². The Kier molecular flexibility index (Phi) is 5.17. The average molecular weight is 368 g/mol. The third kappa shape index (κ3) is 3.86. The number of rotatable bonds is 4. The van der Waals surface area contributed by atoms with Gasteiger partial charge in [-0.05, 0) is 31.2 Å². The number of carbonyl (C=O) groups excluding carboxylic acids is 1. The number of nitrogens with zero attached hydrogens (tertiary/aromatic N) is 3. The SMILES string of the molecule is CCNC(=O)Nc1ccc(-c2nc3c(c(N4CCOCC4)n2)CNC3)cc1. The van der Waals surface area contributed by atoms with Gasteiger partial charge in [-0.2, -0.15) is 0 Å². The van der Waals surface area contributed by atoms with E-state index in [0.29, 0.717) is 12.4 Å². The van der Waals surface area contributed by atoms with Crippen LogP contribution in [0.5, 0.6) is 0 Å². The normalized spacial score (nSPS) is 16.1. The minimum absolute atomic E-state index is 0.209. The molecule has 1 fully saturated rings. The van der Waals surface area contributed by atoms with Gasteiger partial charge in [-0.25, -0.2) is 14.8 Å². The summed E-state index contributed by atoms with van der Waals surface area (Å²) >= 11 is 0. The lowest BCUT2D eigenvalue weighted by molar-refractivity contribution is 0.122. The Balaban J connectivity index is 1.61. The number of carbonyl (C=O) groups is 1. The minimum atomic E-state index is -0.209. The summed E-state index contributed by atoms with van der Waals surface area (Å²) in [6.07, 6.45) is 0. The first-order valence-corrected chi connectivity index (χ1v) is 9.33.